The van der Waals surface area contributed by atoms with Crippen LogP contribution in [0.2, 0.25) is 0 Å². The zero-order valence-corrected chi connectivity index (χ0v) is 13.7. The van der Waals surface area contributed by atoms with Crippen molar-refractivity contribution in [3.05, 3.63) is 11.3 Å². The molecule has 120 valence electrons. The highest BCUT2D eigenvalue weighted by Gasteiger charge is 2.24. The van der Waals surface area contributed by atoms with Crippen molar-refractivity contribution in [3.8, 4) is 0 Å². The second-order valence-electron chi connectivity index (χ2n) is 6.03. The summed E-state index contributed by atoms with van der Waals surface area (Å²) in [5, 5.41) is 13.9. The van der Waals surface area contributed by atoms with Gasteiger partial charge in [-0.1, -0.05) is 13.8 Å². The van der Waals surface area contributed by atoms with E-state index in [-0.39, 0.29) is 6.61 Å². The van der Waals surface area contributed by atoms with E-state index in [1.165, 1.54) is 11.4 Å². The first-order valence-electron chi connectivity index (χ1n) is 7.72. The molecule has 0 aromatic carbocycles. The Morgan fingerprint density at radius 3 is 2.57 bits per heavy atom. The molecule has 2 rings (SSSR count). The number of morpholine rings is 1. The summed E-state index contributed by atoms with van der Waals surface area (Å²) in [6.07, 6.45) is 0. The lowest BCUT2D eigenvalue weighted by atomic mass is 10.0. The van der Waals surface area contributed by atoms with Crippen molar-refractivity contribution in [3.63, 3.8) is 0 Å². The molecule has 0 radical (unpaired) electrons. The molecule has 0 aliphatic carbocycles. The molecule has 6 nitrogen and oxygen atoms in total. The average Bonchev–Trinajstić information content (AvgIpc) is 2.77. The topological polar surface area (TPSA) is 53.8 Å². The van der Waals surface area contributed by atoms with Crippen LogP contribution in [0.4, 0.5) is 5.82 Å². The summed E-state index contributed by atoms with van der Waals surface area (Å²) in [4.78, 5) is 4.51. The Labute approximate surface area is 127 Å². The van der Waals surface area contributed by atoms with Crippen LogP contribution in [-0.2, 0) is 18.3 Å². The minimum Gasteiger partial charge on any atom is -0.395 e. The molecule has 1 aromatic heterocycles. The Morgan fingerprint density at radius 2 is 2.00 bits per heavy atom. The number of ether oxygens (including phenoxy) is 1. The third-order valence-corrected chi connectivity index (χ3v) is 3.91. The van der Waals surface area contributed by atoms with Crippen molar-refractivity contribution in [2.45, 2.75) is 26.3 Å². The first-order chi connectivity index (χ1) is 10.0. The van der Waals surface area contributed by atoms with Crippen molar-refractivity contribution >= 4 is 5.82 Å². The van der Waals surface area contributed by atoms with Crippen LogP contribution in [0.3, 0.4) is 0 Å². The second-order valence-corrected chi connectivity index (χ2v) is 6.03. The van der Waals surface area contributed by atoms with Crippen molar-refractivity contribution < 1.29 is 9.84 Å². The summed E-state index contributed by atoms with van der Waals surface area (Å²) in [5.74, 6) is 1.59. The van der Waals surface area contributed by atoms with Gasteiger partial charge >= 0.3 is 0 Å². The van der Waals surface area contributed by atoms with E-state index in [4.69, 9.17) is 14.9 Å². The zero-order chi connectivity index (χ0) is 15.4. The molecule has 0 spiro atoms. The maximum atomic E-state index is 9.13. The number of hydrogen-bond donors (Lipinski definition) is 1. The fourth-order valence-electron chi connectivity index (χ4n) is 2.89. The van der Waals surface area contributed by atoms with Gasteiger partial charge in [-0.15, -0.1) is 0 Å². The molecule has 0 unspecified atom stereocenters. The number of aliphatic hydroxyl groups excluding tert-OH is 1. The van der Waals surface area contributed by atoms with E-state index in [2.05, 4.69) is 23.6 Å². The van der Waals surface area contributed by atoms with Crippen molar-refractivity contribution in [2.24, 2.45) is 7.05 Å². The first kappa shape index (κ1) is 16.3. The van der Waals surface area contributed by atoms with Crippen molar-refractivity contribution in [2.75, 3.05) is 51.4 Å². The molecule has 1 saturated heterocycles. The van der Waals surface area contributed by atoms with Gasteiger partial charge < -0.3 is 14.7 Å². The van der Waals surface area contributed by atoms with E-state index in [1.54, 1.807) is 0 Å². The van der Waals surface area contributed by atoms with Crippen LogP contribution in [0, 0.1) is 0 Å². The number of aryl methyl sites for hydroxylation is 1. The monoisotopic (exact) mass is 296 g/mol. The molecule has 0 bridgehead atoms. The number of aliphatic hydroxyl groups is 1. The van der Waals surface area contributed by atoms with Crippen molar-refractivity contribution in [1.82, 2.24) is 14.7 Å². The molecule has 0 amide bonds. The number of nitrogens with zero attached hydrogens (tertiary/aromatic N) is 4. The number of hydrogen-bond acceptors (Lipinski definition) is 5. The van der Waals surface area contributed by atoms with Gasteiger partial charge in [0.05, 0.1) is 25.5 Å². The van der Waals surface area contributed by atoms with Gasteiger partial charge in [0.2, 0.25) is 0 Å². The molecule has 21 heavy (non-hydrogen) atoms. The lowest BCUT2D eigenvalue weighted by molar-refractivity contribution is 0.122. The highest BCUT2D eigenvalue weighted by molar-refractivity contribution is 5.51. The van der Waals surface area contributed by atoms with Gasteiger partial charge in [-0.25, -0.2) is 0 Å². The average molecular weight is 296 g/mol. The Balaban J connectivity index is 2.32. The molecule has 1 N–H and O–H groups in total. The predicted octanol–water partition coefficient (Wildman–Crippen LogP) is 0.804. The van der Waals surface area contributed by atoms with Gasteiger partial charge in [0, 0.05) is 38.8 Å². The largest absolute Gasteiger partial charge is 0.395 e. The Hall–Kier alpha value is -1.11. The van der Waals surface area contributed by atoms with E-state index in [9.17, 15) is 0 Å². The predicted molar refractivity (Wildman–Crippen MR) is 83.7 cm³/mol. The lowest BCUT2D eigenvalue weighted by Crippen LogP contribution is -2.38. The Bertz CT molecular complexity index is 453. The molecule has 1 aromatic rings. The maximum absolute atomic E-state index is 9.13. The van der Waals surface area contributed by atoms with E-state index in [0.717, 1.165) is 38.5 Å². The molecular formula is C15H28N4O2. The van der Waals surface area contributed by atoms with Crippen LogP contribution in [-0.4, -0.2) is 66.3 Å². The highest BCUT2D eigenvalue weighted by atomic mass is 16.5. The Kier molecular flexibility index (Phi) is 5.61. The molecule has 1 aliphatic rings. The quantitative estimate of drug-likeness (QED) is 0.842. The fourth-order valence-corrected chi connectivity index (χ4v) is 2.89. The van der Waals surface area contributed by atoms with Gasteiger partial charge in [0.15, 0.2) is 0 Å². The maximum Gasteiger partial charge on any atom is 0.131 e. The minimum atomic E-state index is 0.181. The normalized spacial score (nSPS) is 16.2. The summed E-state index contributed by atoms with van der Waals surface area (Å²) < 4.78 is 7.46. The Morgan fingerprint density at radius 1 is 1.33 bits per heavy atom. The minimum absolute atomic E-state index is 0.181. The summed E-state index contributed by atoms with van der Waals surface area (Å²) >= 11 is 0. The molecule has 0 saturated carbocycles. The molecule has 1 aliphatic heterocycles. The van der Waals surface area contributed by atoms with Gasteiger partial charge in [-0.05, 0) is 13.0 Å². The SMILES string of the molecule is CC(C)c1nn(C)c(N2CCOCC2)c1CN(C)CCO. The van der Waals surface area contributed by atoms with Crippen LogP contribution in [0.5, 0.6) is 0 Å². The number of rotatable bonds is 6. The van der Waals surface area contributed by atoms with Crippen LogP contribution >= 0.6 is 0 Å². The standard InChI is InChI=1S/C15H28N4O2/c1-12(2)14-13(11-17(3)5-8-20)15(18(4)16-14)19-6-9-21-10-7-19/h12,20H,5-11H2,1-4H3. The number of aromatic nitrogens is 2. The third-order valence-electron chi connectivity index (χ3n) is 3.91. The summed E-state index contributed by atoms with van der Waals surface area (Å²) in [6.45, 7) is 9.40. The van der Waals surface area contributed by atoms with Gasteiger partial charge in [-0.2, -0.15) is 5.10 Å². The van der Waals surface area contributed by atoms with Gasteiger partial charge in [0.25, 0.3) is 0 Å². The number of likely N-dealkylation sites (N-methyl/N-ethyl adjacent to an activating group) is 1. The van der Waals surface area contributed by atoms with E-state index < -0.39 is 0 Å². The van der Waals surface area contributed by atoms with Crippen LogP contribution in [0.15, 0.2) is 0 Å². The zero-order valence-electron chi connectivity index (χ0n) is 13.7. The first-order valence-corrected chi connectivity index (χ1v) is 7.72. The van der Waals surface area contributed by atoms with E-state index in [0.29, 0.717) is 12.5 Å². The lowest BCUT2D eigenvalue weighted by Gasteiger charge is -2.30. The fraction of sp³-hybridized carbons (Fsp3) is 0.800. The third kappa shape index (κ3) is 3.75. The smallest absolute Gasteiger partial charge is 0.131 e. The van der Waals surface area contributed by atoms with Crippen LogP contribution in [0.25, 0.3) is 0 Å². The van der Waals surface area contributed by atoms with Crippen molar-refractivity contribution in [1.29, 1.82) is 0 Å². The summed E-state index contributed by atoms with van der Waals surface area (Å²) in [7, 11) is 4.06. The number of anilines is 1. The van der Waals surface area contributed by atoms with Gasteiger partial charge in [0.1, 0.15) is 5.82 Å². The van der Waals surface area contributed by atoms with E-state index in [1.807, 2.05) is 18.8 Å². The summed E-state index contributed by atoms with van der Waals surface area (Å²) in [6, 6.07) is 0. The molecular weight excluding hydrogens is 268 g/mol. The van der Waals surface area contributed by atoms with E-state index >= 15 is 0 Å². The highest BCUT2D eigenvalue weighted by Crippen LogP contribution is 2.29. The van der Waals surface area contributed by atoms with Crippen LogP contribution < -0.4 is 4.90 Å². The molecule has 6 heteroatoms. The van der Waals surface area contributed by atoms with Gasteiger partial charge in [-0.3, -0.25) is 9.58 Å². The second kappa shape index (κ2) is 7.24. The molecule has 0 atom stereocenters. The molecule has 1 fully saturated rings. The summed E-state index contributed by atoms with van der Waals surface area (Å²) in [5.41, 5.74) is 2.44. The molecule has 2 heterocycles. The van der Waals surface area contributed by atoms with Crippen LogP contribution in [0.1, 0.15) is 31.0 Å².